The summed E-state index contributed by atoms with van der Waals surface area (Å²) in [7, 11) is 0. The quantitative estimate of drug-likeness (QED) is 0.507. The minimum Gasteiger partial charge on any atom is -0.467 e. The lowest BCUT2D eigenvalue weighted by atomic mass is 9.98. The first kappa shape index (κ1) is 15.8. The average Bonchev–Trinajstić information content (AvgIpc) is 3.35. The molecule has 0 saturated heterocycles. The highest BCUT2D eigenvalue weighted by Crippen LogP contribution is 2.41. The highest BCUT2D eigenvalue weighted by molar-refractivity contribution is 5.88. The summed E-state index contributed by atoms with van der Waals surface area (Å²) in [6.45, 7) is 0.442. The van der Waals surface area contributed by atoms with Crippen LogP contribution in [0.25, 0.3) is 22.5 Å². The molecule has 2 heterocycles. The fourth-order valence-corrected chi connectivity index (χ4v) is 2.92. The van der Waals surface area contributed by atoms with Crippen molar-refractivity contribution in [2.75, 3.05) is 5.32 Å². The van der Waals surface area contributed by atoms with E-state index in [0.717, 1.165) is 22.5 Å². The summed E-state index contributed by atoms with van der Waals surface area (Å²) in [5.41, 5.74) is 3.15. The van der Waals surface area contributed by atoms with Crippen molar-refractivity contribution in [3.8, 4) is 28.5 Å². The number of hydrogen-bond donors (Lipinski definition) is 1. The Hall–Kier alpha value is -3.71. The molecule has 4 nitrogen and oxygen atoms in total. The monoisotopic (exact) mass is 340 g/mol. The van der Waals surface area contributed by atoms with Crippen LogP contribution < -0.4 is 5.32 Å². The van der Waals surface area contributed by atoms with Crippen LogP contribution in [-0.2, 0) is 6.54 Å². The molecule has 0 fully saturated rings. The van der Waals surface area contributed by atoms with Gasteiger partial charge in [-0.3, -0.25) is 0 Å². The molecule has 4 aromatic rings. The Morgan fingerprint density at radius 2 is 1.54 bits per heavy atom. The van der Waals surface area contributed by atoms with Gasteiger partial charge in [0.2, 0.25) is 5.88 Å². The first-order valence-electron chi connectivity index (χ1n) is 8.31. The molecule has 0 unspecified atom stereocenters. The molecular weight excluding hydrogens is 324 g/mol. The molecule has 0 atom stereocenters. The molecule has 0 aliphatic rings. The van der Waals surface area contributed by atoms with Crippen LogP contribution in [0.3, 0.4) is 0 Å². The van der Waals surface area contributed by atoms with Crippen LogP contribution in [0.4, 0.5) is 5.88 Å². The van der Waals surface area contributed by atoms with Crippen molar-refractivity contribution in [3.05, 3.63) is 90.4 Å². The summed E-state index contributed by atoms with van der Waals surface area (Å²) in [5.74, 6) is 1.89. The van der Waals surface area contributed by atoms with Gasteiger partial charge in [0.15, 0.2) is 0 Å². The van der Waals surface area contributed by atoms with Gasteiger partial charge in [0.25, 0.3) is 0 Å². The first-order chi connectivity index (χ1) is 12.9. The minimum absolute atomic E-state index is 0.442. The SMILES string of the molecule is N#Cc1c(NCc2ccco2)oc(-c2ccccc2)c1-c1ccccc1. The van der Waals surface area contributed by atoms with Crippen LogP contribution in [0, 0.1) is 11.3 Å². The lowest BCUT2D eigenvalue weighted by molar-refractivity contribution is 0.512. The van der Waals surface area contributed by atoms with Gasteiger partial charge in [-0.05, 0) is 17.7 Å². The van der Waals surface area contributed by atoms with Crippen molar-refractivity contribution in [2.24, 2.45) is 0 Å². The third-order valence-electron chi connectivity index (χ3n) is 4.12. The summed E-state index contributed by atoms with van der Waals surface area (Å²) in [6.07, 6.45) is 1.62. The molecule has 0 spiro atoms. The average molecular weight is 340 g/mol. The Labute approximate surface area is 151 Å². The van der Waals surface area contributed by atoms with Crippen LogP contribution in [0.15, 0.2) is 87.9 Å². The number of anilines is 1. The minimum atomic E-state index is 0.442. The van der Waals surface area contributed by atoms with E-state index in [9.17, 15) is 5.26 Å². The molecule has 0 saturated carbocycles. The van der Waals surface area contributed by atoms with E-state index in [4.69, 9.17) is 8.83 Å². The van der Waals surface area contributed by atoms with Crippen LogP contribution in [0.1, 0.15) is 11.3 Å². The molecule has 0 aliphatic carbocycles. The van der Waals surface area contributed by atoms with Gasteiger partial charge in [-0.25, -0.2) is 0 Å². The molecule has 1 N–H and O–H groups in total. The van der Waals surface area contributed by atoms with Crippen molar-refractivity contribution >= 4 is 5.88 Å². The van der Waals surface area contributed by atoms with E-state index in [2.05, 4.69) is 11.4 Å². The Kier molecular flexibility index (Phi) is 4.28. The van der Waals surface area contributed by atoms with Gasteiger partial charge >= 0.3 is 0 Å². The molecule has 0 aliphatic heterocycles. The van der Waals surface area contributed by atoms with E-state index in [1.165, 1.54) is 0 Å². The number of rotatable bonds is 5. The van der Waals surface area contributed by atoms with Gasteiger partial charge < -0.3 is 14.2 Å². The number of benzene rings is 2. The number of nitriles is 1. The molecular formula is C22H16N2O2. The van der Waals surface area contributed by atoms with Crippen molar-refractivity contribution in [3.63, 3.8) is 0 Å². The molecule has 4 rings (SSSR count). The topological polar surface area (TPSA) is 62.1 Å². The summed E-state index contributed by atoms with van der Waals surface area (Å²) in [5, 5.41) is 13.0. The molecule has 0 amide bonds. The number of hydrogen-bond acceptors (Lipinski definition) is 4. The maximum atomic E-state index is 9.80. The second kappa shape index (κ2) is 7.04. The first-order valence-corrected chi connectivity index (χ1v) is 8.31. The molecule has 4 heteroatoms. The normalized spacial score (nSPS) is 10.4. The standard InChI is InChI=1S/C22H16N2O2/c23-14-19-20(16-8-3-1-4-9-16)21(17-10-5-2-6-11-17)26-22(19)24-15-18-12-7-13-25-18/h1-13,24H,15H2. The van der Waals surface area contributed by atoms with Gasteiger partial charge in [0.1, 0.15) is 23.2 Å². The molecule has 0 radical (unpaired) electrons. The lowest BCUT2D eigenvalue weighted by Crippen LogP contribution is -1.98. The lowest BCUT2D eigenvalue weighted by Gasteiger charge is -2.03. The predicted molar refractivity (Wildman–Crippen MR) is 100 cm³/mol. The summed E-state index contributed by atoms with van der Waals surface area (Å²) >= 11 is 0. The number of nitrogens with zero attached hydrogens (tertiary/aromatic N) is 1. The Balaban J connectivity index is 1.83. The van der Waals surface area contributed by atoms with Crippen molar-refractivity contribution < 1.29 is 8.83 Å². The van der Waals surface area contributed by atoms with E-state index < -0.39 is 0 Å². The van der Waals surface area contributed by atoms with E-state index >= 15 is 0 Å². The molecule has 2 aromatic carbocycles. The smallest absolute Gasteiger partial charge is 0.212 e. The fourth-order valence-electron chi connectivity index (χ4n) is 2.92. The third-order valence-corrected chi connectivity index (χ3v) is 4.12. The van der Waals surface area contributed by atoms with E-state index in [0.29, 0.717) is 23.8 Å². The predicted octanol–water partition coefficient (Wildman–Crippen LogP) is 5.69. The Morgan fingerprint density at radius 3 is 2.15 bits per heavy atom. The van der Waals surface area contributed by atoms with E-state index in [1.54, 1.807) is 6.26 Å². The zero-order valence-electron chi connectivity index (χ0n) is 14.0. The molecule has 2 aromatic heterocycles. The van der Waals surface area contributed by atoms with Crippen molar-refractivity contribution in [1.82, 2.24) is 0 Å². The van der Waals surface area contributed by atoms with Gasteiger partial charge in [0.05, 0.1) is 12.8 Å². The summed E-state index contributed by atoms with van der Waals surface area (Å²) in [4.78, 5) is 0. The van der Waals surface area contributed by atoms with Gasteiger partial charge in [-0.2, -0.15) is 5.26 Å². The number of furan rings is 2. The summed E-state index contributed by atoms with van der Waals surface area (Å²) in [6, 6.07) is 25.6. The maximum absolute atomic E-state index is 9.80. The molecule has 126 valence electrons. The van der Waals surface area contributed by atoms with Crippen LogP contribution >= 0.6 is 0 Å². The van der Waals surface area contributed by atoms with E-state index in [-0.39, 0.29) is 0 Å². The van der Waals surface area contributed by atoms with Crippen LogP contribution in [0.5, 0.6) is 0 Å². The Morgan fingerprint density at radius 1 is 0.846 bits per heavy atom. The third kappa shape index (κ3) is 2.99. The molecule has 26 heavy (non-hydrogen) atoms. The second-order valence-corrected chi connectivity index (χ2v) is 5.79. The number of nitrogens with one attached hydrogen (secondary N) is 1. The zero-order valence-corrected chi connectivity index (χ0v) is 14.0. The second-order valence-electron chi connectivity index (χ2n) is 5.79. The summed E-state index contributed by atoms with van der Waals surface area (Å²) < 4.78 is 11.4. The largest absolute Gasteiger partial charge is 0.467 e. The van der Waals surface area contributed by atoms with Gasteiger partial charge in [-0.15, -0.1) is 0 Å². The van der Waals surface area contributed by atoms with Gasteiger partial charge in [-0.1, -0.05) is 60.7 Å². The highest BCUT2D eigenvalue weighted by atomic mass is 16.4. The van der Waals surface area contributed by atoms with Crippen molar-refractivity contribution in [2.45, 2.75) is 6.54 Å². The van der Waals surface area contributed by atoms with Crippen LogP contribution in [0.2, 0.25) is 0 Å². The maximum Gasteiger partial charge on any atom is 0.212 e. The zero-order chi connectivity index (χ0) is 17.8. The van der Waals surface area contributed by atoms with Crippen molar-refractivity contribution in [1.29, 1.82) is 5.26 Å². The fraction of sp³-hybridized carbons (Fsp3) is 0.0455. The van der Waals surface area contributed by atoms with Crippen LogP contribution in [-0.4, -0.2) is 0 Å². The van der Waals surface area contributed by atoms with E-state index in [1.807, 2.05) is 72.8 Å². The highest BCUT2D eigenvalue weighted by Gasteiger charge is 2.22. The molecule has 0 bridgehead atoms. The Bertz CT molecular complexity index is 1030. The van der Waals surface area contributed by atoms with Gasteiger partial charge in [0, 0.05) is 11.1 Å².